The zero-order valence-electron chi connectivity index (χ0n) is 25.1. The molecule has 40 heavy (non-hydrogen) atoms. The molecule has 3 fully saturated rings. The van der Waals surface area contributed by atoms with Crippen molar-refractivity contribution < 1.29 is 18.6 Å². The molecule has 0 aromatic heterocycles. The molecule has 5 rings (SSSR count). The van der Waals surface area contributed by atoms with Gasteiger partial charge in [-0.2, -0.15) is 0 Å². The van der Waals surface area contributed by atoms with Crippen LogP contribution in [0.1, 0.15) is 114 Å². The maximum absolute atomic E-state index is 14.5. The molecular weight excluding hydrogens is 499 g/mol. The Kier molecular flexibility index (Phi) is 10.5. The first-order chi connectivity index (χ1) is 19.5. The third-order valence-corrected chi connectivity index (χ3v) is 10.2. The summed E-state index contributed by atoms with van der Waals surface area (Å²) in [5.41, 5.74) is 3.07. The van der Waals surface area contributed by atoms with Crippen LogP contribution >= 0.6 is 0 Å². The number of halogens is 1. The van der Waals surface area contributed by atoms with Crippen molar-refractivity contribution >= 4 is 0 Å². The van der Waals surface area contributed by atoms with Crippen molar-refractivity contribution in [3.63, 3.8) is 0 Å². The van der Waals surface area contributed by atoms with Crippen molar-refractivity contribution in [3.05, 3.63) is 58.9 Å². The minimum Gasteiger partial charge on any atom is -0.491 e. The molecule has 0 aliphatic heterocycles. The molecule has 3 aliphatic rings. The van der Waals surface area contributed by atoms with Gasteiger partial charge in [-0.15, -0.1) is 0 Å². The fourth-order valence-electron chi connectivity index (χ4n) is 7.78. The Labute approximate surface area is 242 Å². The summed E-state index contributed by atoms with van der Waals surface area (Å²) in [6, 6.07) is 12.4. The molecule has 0 spiro atoms. The fraction of sp³-hybridized carbons (Fsp3) is 0.667. The highest BCUT2D eigenvalue weighted by atomic mass is 19.1. The van der Waals surface area contributed by atoms with Crippen LogP contribution in [0.5, 0.6) is 11.5 Å². The summed E-state index contributed by atoms with van der Waals surface area (Å²) < 4.78 is 32.4. The van der Waals surface area contributed by atoms with Crippen molar-refractivity contribution in [2.24, 2.45) is 23.7 Å². The maximum Gasteiger partial charge on any atom is 0.171 e. The lowest BCUT2D eigenvalue weighted by molar-refractivity contribution is -0.0347. The van der Waals surface area contributed by atoms with Gasteiger partial charge in [0.05, 0.1) is 12.7 Å². The molecule has 4 atom stereocenters. The van der Waals surface area contributed by atoms with Gasteiger partial charge in [0, 0.05) is 12.2 Å². The summed E-state index contributed by atoms with van der Waals surface area (Å²) in [5.74, 6) is 4.67. The van der Waals surface area contributed by atoms with Crippen molar-refractivity contribution in [1.29, 1.82) is 0 Å². The molecule has 0 N–H and O–H groups in total. The SMILES string of the molecule is CCCC1CCC(COC2CCC3CC(c4ccc(COc5ccc(OCC)c(F)c5C)cc4)CCC3C2)CC1. The highest BCUT2D eigenvalue weighted by Crippen LogP contribution is 2.47. The van der Waals surface area contributed by atoms with Crippen molar-refractivity contribution in [3.8, 4) is 11.5 Å². The van der Waals surface area contributed by atoms with E-state index in [9.17, 15) is 4.39 Å². The Morgan fingerprint density at radius 2 is 1.45 bits per heavy atom. The Hall–Kier alpha value is -2.07. The normalized spacial score (nSPS) is 28.6. The molecule has 3 nitrogen and oxygen atoms in total. The van der Waals surface area contributed by atoms with Gasteiger partial charge >= 0.3 is 0 Å². The summed E-state index contributed by atoms with van der Waals surface area (Å²) in [6.45, 7) is 7.81. The second kappa shape index (κ2) is 14.2. The number of hydrogen-bond donors (Lipinski definition) is 0. The summed E-state index contributed by atoms with van der Waals surface area (Å²) in [6.07, 6.45) is 16.7. The summed E-state index contributed by atoms with van der Waals surface area (Å²) in [7, 11) is 0. The van der Waals surface area contributed by atoms with Gasteiger partial charge in [0.1, 0.15) is 12.4 Å². The van der Waals surface area contributed by atoms with Crippen LogP contribution in [0.15, 0.2) is 36.4 Å². The monoisotopic (exact) mass is 550 g/mol. The molecule has 0 saturated heterocycles. The number of hydrogen-bond acceptors (Lipinski definition) is 3. The van der Waals surface area contributed by atoms with Gasteiger partial charge < -0.3 is 14.2 Å². The average molecular weight is 551 g/mol. The molecule has 0 bridgehead atoms. The molecule has 0 amide bonds. The zero-order chi connectivity index (χ0) is 27.9. The van der Waals surface area contributed by atoms with E-state index in [2.05, 4.69) is 31.2 Å². The smallest absolute Gasteiger partial charge is 0.171 e. The predicted molar refractivity (Wildman–Crippen MR) is 161 cm³/mol. The molecule has 2 aromatic rings. The first-order valence-corrected chi connectivity index (χ1v) is 16.3. The molecule has 3 saturated carbocycles. The van der Waals surface area contributed by atoms with Crippen LogP contribution in [-0.4, -0.2) is 19.3 Å². The highest BCUT2D eigenvalue weighted by molar-refractivity contribution is 5.41. The van der Waals surface area contributed by atoms with E-state index in [1.165, 1.54) is 82.6 Å². The Balaban J connectivity index is 1.05. The van der Waals surface area contributed by atoms with Gasteiger partial charge in [-0.1, -0.05) is 56.9 Å². The van der Waals surface area contributed by atoms with E-state index in [1.54, 1.807) is 19.1 Å². The van der Waals surface area contributed by atoms with Crippen LogP contribution in [0, 0.1) is 36.4 Å². The standard InChI is InChI=1S/C36H51FO3/c1-4-6-26-7-9-27(10-8-26)23-39-33-18-17-31-21-30(15-16-32(31)22-33)29-13-11-28(12-14-29)24-40-34-19-20-35(38-5-2)36(37)25(34)3/h11-14,19-20,26-27,30-33H,4-10,15-18,21-24H2,1-3H3. The van der Waals surface area contributed by atoms with Gasteiger partial charge in [0.2, 0.25) is 0 Å². The molecule has 4 heteroatoms. The van der Waals surface area contributed by atoms with E-state index < -0.39 is 0 Å². The third-order valence-electron chi connectivity index (χ3n) is 10.2. The number of ether oxygens (including phenoxy) is 3. The number of fused-ring (bicyclic) bond motifs is 1. The van der Waals surface area contributed by atoms with Gasteiger partial charge in [0.15, 0.2) is 11.6 Å². The largest absolute Gasteiger partial charge is 0.491 e. The average Bonchev–Trinajstić information content (AvgIpc) is 2.99. The maximum atomic E-state index is 14.5. The summed E-state index contributed by atoms with van der Waals surface area (Å²) in [5, 5.41) is 0. The summed E-state index contributed by atoms with van der Waals surface area (Å²) >= 11 is 0. The molecular formula is C36H51FO3. The van der Waals surface area contributed by atoms with Gasteiger partial charge in [-0.25, -0.2) is 4.39 Å². The van der Waals surface area contributed by atoms with Crippen molar-refractivity contribution in [1.82, 2.24) is 0 Å². The minimum atomic E-state index is -0.337. The first kappa shape index (κ1) is 29.4. The second-order valence-electron chi connectivity index (χ2n) is 12.9. The lowest BCUT2D eigenvalue weighted by atomic mass is 9.65. The van der Waals surface area contributed by atoms with Crippen LogP contribution in [0.2, 0.25) is 0 Å². The van der Waals surface area contributed by atoms with E-state index >= 15 is 0 Å². The molecule has 2 aromatic carbocycles. The van der Waals surface area contributed by atoms with E-state index in [1.807, 2.05) is 6.92 Å². The topological polar surface area (TPSA) is 27.7 Å². The highest BCUT2D eigenvalue weighted by Gasteiger charge is 2.36. The lowest BCUT2D eigenvalue weighted by Crippen LogP contribution is -2.34. The second-order valence-corrected chi connectivity index (χ2v) is 12.9. The Morgan fingerprint density at radius 3 is 2.20 bits per heavy atom. The zero-order valence-corrected chi connectivity index (χ0v) is 25.1. The molecule has 0 heterocycles. The summed E-state index contributed by atoms with van der Waals surface area (Å²) in [4.78, 5) is 0. The van der Waals surface area contributed by atoms with Crippen LogP contribution in [0.4, 0.5) is 4.39 Å². The quantitative estimate of drug-likeness (QED) is 0.279. The van der Waals surface area contributed by atoms with Crippen molar-refractivity contribution in [2.45, 2.75) is 116 Å². The lowest BCUT2D eigenvalue weighted by Gasteiger charge is -2.42. The van der Waals surface area contributed by atoms with Crippen molar-refractivity contribution in [2.75, 3.05) is 13.2 Å². The number of rotatable bonds is 11. The van der Waals surface area contributed by atoms with E-state index in [0.29, 0.717) is 36.5 Å². The van der Waals surface area contributed by atoms with Gasteiger partial charge in [0.25, 0.3) is 0 Å². The molecule has 4 unspecified atom stereocenters. The molecule has 0 radical (unpaired) electrons. The van der Waals surface area contributed by atoms with Gasteiger partial charge in [-0.05, 0) is 118 Å². The molecule has 220 valence electrons. The van der Waals surface area contributed by atoms with Gasteiger partial charge in [-0.3, -0.25) is 0 Å². The van der Waals surface area contributed by atoms with Crippen LogP contribution in [0.25, 0.3) is 0 Å². The van der Waals surface area contributed by atoms with E-state index in [-0.39, 0.29) is 11.6 Å². The minimum absolute atomic E-state index is 0.285. The fourth-order valence-corrected chi connectivity index (χ4v) is 7.78. The molecule has 3 aliphatic carbocycles. The predicted octanol–water partition coefficient (Wildman–Crippen LogP) is 9.79. The van der Waals surface area contributed by atoms with Crippen LogP contribution < -0.4 is 9.47 Å². The first-order valence-electron chi connectivity index (χ1n) is 16.3. The van der Waals surface area contributed by atoms with E-state index in [4.69, 9.17) is 14.2 Å². The van der Waals surface area contributed by atoms with Crippen LogP contribution in [-0.2, 0) is 11.3 Å². The Morgan fingerprint density at radius 1 is 0.750 bits per heavy atom. The van der Waals surface area contributed by atoms with E-state index in [0.717, 1.165) is 35.8 Å². The third kappa shape index (κ3) is 7.41. The van der Waals surface area contributed by atoms with Crippen LogP contribution in [0.3, 0.4) is 0 Å². The number of benzene rings is 2. The Bertz CT molecular complexity index is 1060.